The molecular formula is C18H24FN3O3. The average Bonchev–Trinajstić information content (AvgIpc) is 2.96. The van der Waals surface area contributed by atoms with Gasteiger partial charge in [-0.1, -0.05) is 6.07 Å². The Labute approximate surface area is 146 Å². The molecule has 1 aromatic carbocycles. The first-order valence-corrected chi connectivity index (χ1v) is 8.48. The second kappa shape index (κ2) is 7.95. The summed E-state index contributed by atoms with van der Waals surface area (Å²) in [5.41, 5.74) is -0.0547. The van der Waals surface area contributed by atoms with Crippen LogP contribution >= 0.6 is 0 Å². The quantitative estimate of drug-likeness (QED) is 0.860. The molecule has 0 spiro atoms. The van der Waals surface area contributed by atoms with Crippen LogP contribution in [-0.2, 0) is 17.8 Å². The fraction of sp³-hybridized carbons (Fsp3) is 0.500. The van der Waals surface area contributed by atoms with Gasteiger partial charge in [0.15, 0.2) is 0 Å². The maximum atomic E-state index is 13.2. The highest BCUT2D eigenvalue weighted by atomic mass is 19.1. The van der Waals surface area contributed by atoms with Gasteiger partial charge in [-0.25, -0.2) is 4.39 Å². The van der Waals surface area contributed by atoms with Crippen LogP contribution in [-0.4, -0.2) is 58.3 Å². The first kappa shape index (κ1) is 17.8. The summed E-state index contributed by atoms with van der Waals surface area (Å²) in [4.78, 5) is 2.12. The Morgan fingerprint density at radius 2 is 2.32 bits per heavy atom. The van der Waals surface area contributed by atoms with Crippen molar-refractivity contribution < 1.29 is 19.0 Å². The minimum atomic E-state index is -1.15. The van der Waals surface area contributed by atoms with Gasteiger partial charge < -0.3 is 14.6 Å². The van der Waals surface area contributed by atoms with Gasteiger partial charge in [0, 0.05) is 44.0 Å². The number of hydrogen-bond donors (Lipinski definition) is 1. The lowest BCUT2D eigenvalue weighted by molar-refractivity contribution is -0.0647. The molecule has 2 heterocycles. The van der Waals surface area contributed by atoms with E-state index in [0.29, 0.717) is 25.4 Å². The number of aliphatic hydroxyl groups is 1. The van der Waals surface area contributed by atoms with Gasteiger partial charge >= 0.3 is 0 Å². The van der Waals surface area contributed by atoms with Gasteiger partial charge in [0.25, 0.3) is 0 Å². The predicted molar refractivity (Wildman–Crippen MR) is 90.8 cm³/mol. The summed E-state index contributed by atoms with van der Waals surface area (Å²) in [6, 6.07) is 5.91. The van der Waals surface area contributed by atoms with Crippen molar-refractivity contribution in [3.05, 3.63) is 48.0 Å². The van der Waals surface area contributed by atoms with Gasteiger partial charge in [0.1, 0.15) is 23.8 Å². The summed E-state index contributed by atoms with van der Waals surface area (Å²) in [6.45, 7) is 5.47. The molecule has 1 saturated heterocycles. The predicted octanol–water partition coefficient (Wildman–Crippen LogP) is 1.68. The van der Waals surface area contributed by atoms with Gasteiger partial charge in [0.05, 0.1) is 19.4 Å². The summed E-state index contributed by atoms with van der Waals surface area (Å²) in [5, 5.41) is 15.2. The van der Waals surface area contributed by atoms with Crippen molar-refractivity contribution in [2.24, 2.45) is 0 Å². The van der Waals surface area contributed by atoms with Crippen LogP contribution in [0.25, 0.3) is 0 Å². The number of hydrogen-bond acceptors (Lipinski definition) is 5. The molecule has 0 radical (unpaired) electrons. The molecule has 1 N–H and O–H groups in total. The molecule has 6 nitrogen and oxygen atoms in total. The number of nitrogens with zero attached hydrogens (tertiary/aromatic N) is 3. The summed E-state index contributed by atoms with van der Waals surface area (Å²) >= 11 is 0. The smallest absolute Gasteiger partial charge is 0.134 e. The van der Waals surface area contributed by atoms with Crippen molar-refractivity contribution in [2.75, 3.05) is 32.9 Å². The highest BCUT2D eigenvalue weighted by Gasteiger charge is 2.33. The number of halogens is 1. The Morgan fingerprint density at radius 3 is 3.08 bits per heavy atom. The molecule has 0 amide bonds. The highest BCUT2D eigenvalue weighted by molar-refractivity contribution is 5.22. The number of β-amino-alcohol motifs (C(OH)–C–C–N with tert-alkyl or cyclic N) is 1. The molecule has 0 aliphatic carbocycles. The largest absolute Gasteiger partial charge is 0.490 e. The van der Waals surface area contributed by atoms with Crippen LogP contribution in [0.4, 0.5) is 4.39 Å². The minimum absolute atomic E-state index is 0.0428. The first-order valence-electron chi connectivity index (χ1n) is 8.48. The van der Waals surface area contributed by atoms with Crippen LogP contribution in [0.15, 0.2) is 36.7 Å². The molecular weight excluding hydrogens is 325 g/mol. The Bertz CT molecular complexity index is 694. The van der Waals surface area contributed by atoms with Gasteiger partial charge in [0.2, 0.25) is 0 Å². The van der Waals surface area contributed by atoms with Gasteiger partial charge in [-0.2, -0.15) is 5.10 Å². The Kier molecular flexibility index (Phi) is 5.67. The lowest BCUT2D eigenvalue weighted by Gasteiger charge is -2.30. The summed E-state index contributed by atoms with van der Waals surface area (Å²) in [5.74, 6) is 0.0320. The van der Waals surface area contributed by atoms with Crippen molar-refractivity contribution in [1.82, 2.24) is 14.7 Å². The molecule has 136 valence electrons. The Morgan fingerprint density at radius 1 is 1.44 bits per heavy atom. The Balaban J connectivity index is 1.61. The molecule has 1 aliphatic heterocycles. The molecule has 1 aromatic heterocycles. The van der Waals surface area contributed by atoms with Gasteiger partial charge in [-0.15, -0.1) is 0 Å². The molecule has 1 atom stereocenters. The lowest BCUT2D eigenvalue weighted by Crippen LogP contribution is -2.48. The number of aromatic nitrogens is 2. The van der Waals surface area contributed by atoms with Gasteiger partial charge in [-0.05, 0) is 19.1 Å². The number of aryl methyl sites for hydroxylation is 1. The number of rotatable bonds is 6. The van der Waals surface area contributed by atoms with E-state index in [9.17, 15) is 9.50 Å². The monoisotopic (exact) mass is 349 g/mol. The molecule has 1 aliphatic rings. The van der Waals surface area contributed by atoms with Crippen LogP contribution in [0.3, 0.4) is 0 Å². The van der Waals surface area contributed by atoms with Crippen molar-refractivity contribution >= 4 is 0 Å². The van der Waals surface area contributed by atoms with E-state index in [1.165, 1.54) is 12.1 Å². The van der Waals surface area contributed by atoms with Crippen LogP contribution in [0.1, 0.15) is 12.5 Å². The third-order valence-electron chi connectivity index (χ3n) is 4.16. The maximum absolute atomic E-state index is 13.2. The third kappa shape index (κ3) is 5.01. The maximum Gasteiger partial charge on any atom is 0.134 e. The molecule has 3 rings (SSSR count). The minimum Gasteiger partial charge on any atom is -0.490 e. The lowest BCUT2D eigenvalue weighted by atomic mass is 10.1. The molecule has 1 fully saturated rings. The van der Waals surface area contributed by atoms with Gasteiger partial charge in [-0.3, -0.25) is 9.58 Å². The normalized spacial score (nSPS) is 21.9. The van der Waals surface area contributed by atoms with Crippen molar-refractivity contribution in [2.45, 2.75) is 25.6 Å². The number of ether oxygens (including phenoxy) is 2. The van der Waals surface area contributed by atoms with Crippen molar-refractivity contribution in [1.29, 1.82) is 0 Å². The first-order chi connectivity index (χ1) is 12.1. The second-order valence-electron chi connectivity index (χ2n) is 6.44. The molecule has 25 heavy (non-hydrogen) atoms. The number of benzene rings is 1. The SMILES string of the molecule is CCn1cc(CN2CCOCC(O)(COc3cccc(F)c3)C2)cn1. The molecule has 2 aromatic rings. The Hall–Kier alpha value is -1.96. The fourth-order valence-electron chi connectivity index (χ4n) is 2.91. The van der Waals surface area contributed by atoms with E-state index < -0.39 is 5.60 Å². The summed E-state index contributed by atoms with van der Waals surface area (Å²) < 4.78 is 26.3. The standard InChI is InChI=1S/C18H24FN3O3/c1-2-22-11-15(9-20-22)10-21-6-7-24-13-18(23,12-21)14-25-17-5-3-4-16(19)8-17/h3-5,8-9,11,23H,2,6-7,10,12-14H2,1H3. The van der Waals surface area contributed by atoms with Crippen LogP contribution in [0, 0.1) is 5.82 Å². The summed E-state index contributed by atoms with van der Waals surface area (Å²) in [7, 11) is 0. The highest BCUT2D eigenvalue weighted by Crippen LogP contribution is 2.18. The molecule has 0 bridgehead atoms. The summed E-state index contributed by atoms with van der Waals surface area (Å²) in [6.07, 6.45) is 3.85. The van der Waals surface area contributed by atoms with E-state index in [4.69, 9.17) is 9.47 Å². The topological polar surface area (TPSA) is 59.8 Å². The van der Waals surface area contributed by atoms with E-state index in [0.717, 1.165) is 18.7 Å². The molecule has 1 unspecified atom stereocenters. The van der Waals surface area contributed by atoms with Crippen molar-refractivity contribution in [3.63, 3.8) is 0 Å². The van der Waals surface area contributed by atoms with Crippen LogP contribution in [0.5, 0.6) is 5.75 Å². The zero-order chi connectivity index (χ0) is 17.7. The van der Waals surface area contributed by atoms with E-state index in [1.54, 1.807) is 12.1 Å². The van der Waals surface area contributed by atoms with E-state index in [1.807, 2.05) is 24.0 Å². The van der Waals surface area contributed by atoms with Crippen molar-refractivity contribution in [3.8, 4) is 5.75 Å². The fourth-order valence-corrected chi connectivity index (χ4v) is 2.91. The molecule has 7 heteroatoms. The zero-order valence-corrected chi connectivity index (χ0v) is 14.4. The van der Waals surface area contributed by atoms with E-state index >= 15 is 0 Å². The average molecular weight is 349 g/mol. The van der Waals surface area contributed by atoms with Crippen LogP contribution < -0.4 is 4.74 Å². The van der Waals surface area contributed by atoms with E-state index in [-0.39, 0.29) is 19.0 Å². The van der Waals surface area contributed by atoms with Crippen LogP contribution in [0.2, 0.25) is 0 Å². The molecule has 0 saturated carbocycles. The van der Waals surface area contributed by atoms with E-state index in [2.05, 4.69) is 10.00 Å². The zero-order valence-electron chi connectivity index (χ0n) is 14.4. The third-order valence-corrected chi connectivity index (χ3v) is 4.16. The second-order valence-corrected chi connectivity index (χ2v) is 6.44.